The minimum absolute atomic E-state index is 0.0362. The lowest BCUT2D eigenvalue weighted by atomic mass is 9.84. The fraction of sp³-hybridized carbons (Fsp3) is 0.391. The normalized spacial score (nSPS) is 21.6. The molecule has 1 spiro atoms. The van der Waals surface area contributed by atoms with E-state index >= 15 is 0 Å². The van der Waals surface area contributed by atoms with Crippen LogP contribution in [-0.4, -0.2) is 67.3 Å². The monoisotopic (exact) mass is 425 g/mol. The zero-order valence-corrected chi connectivity index (χ0v) is 17.7. The lowest BCUT2D eigenvalue weighted by Crippen LogP contribution is -2.75. The van der Waals surface area contributed by atoms with Crippen molar-refractivity contribution in [2.24, 2.45) is 0 Å². The summed E-state index contributed by atoms with van der Waals surface area (Å²) < 4.78 is 10.3. The average molecular weight is 425 g/mol. The maximum Gasteiger partial charge on any atom is 0.249 e. The maximum absolute atomic E-state index is 13.2. The molecule has 0 radical (unpaired) electrons. The van der Waals surface area contributed by atoms with E-state index < -0.39 is 11.6 Å². The Morgan fingerprint density at radius 2 is 1.71 bits per heavy atom. The van der Waals surface area contributed by atoms with Gasteiger partial charge < -0.3 is 24.8 Å². The molecule has 8 nitrogen and oxygen atoms in total. The maximum atomic E-state index is 13.2. The molecule has 2 heterocycles. The fourth-order valence-corrected chi connectivity index (χ4v) is 4.51. The summed E-state index contributed by atoms with van der Waals surface area (Å²) in [5.41, 5.74) is 0.661. The van der Waals surface area contributed by atoms with E-state index in [0.29, 0.717) is 30.9 Å². The van der Waals surface area contributed by atoms with Crippen molar-refractivity contribution in [3.8, 4) is 11.5 Å². The molecule has 2 aliphatic heterocycles. The van der Waals surface area contributed by atoms with Crippen LogP contribution in [0.25, 0.3) is 0 Å². The number of β-lactam (4-membered cyclic amide) rings is 1. The minimum atomic E-state index is -0.799. The van der Waals surface area contributed by atoms with Gasteiger partial charge in [-0.3, -0.25) is 14.5 Å². The first kappa shape index (κ1) is 21.1. The number of ether oxygens (including phenoxy) is 2. The van der Waals surface area contributed by atoms with Crippen molar-refractivity contribution in [1.29, 1.82) is 0 Å². The number of carbonyl (C=O) groups excluding carboxylic acids is 2. The number of aliphatic hydroxyl groups is 1. The molecule has 164 valence electrons. The van der Waals surface area contributed by atoms with Crippen LogP contribution in [0.3, 0.4) is 0 Å². The summed E-state index contributed by atoms with van der Waals surface area (Å²) >= 11 is 0. The molecule has 2 unspecified atom stereocenters. The van der Waals surface area contributed by atoms with Crippen LogP contribution >= 0.6 is 0 Å². The predicted octanol–water partition coefficient (Wildman–Crippen LogP) is 1.88. The number of likely N-dealkylation sites (tertiary alicyclic amines) is 1. The zero-order valence-electron chi connectivity index (χ0n) is 17.7. The van der Waals surface area contributed by atoms with E-state index in [1.165, 1.54) is 0 Å². The minimum Gasteiger partial charge on any atom is -0.497 e. The third-order valence-electron chi connectivity index (χ3n) is 6.20. The molecule has 2 aromatic carbocycles. The quantitative estimate of drug-likeness (QED) is 0.659. The molecule has 0 aromatic heterocycles. The van der Waals surface area contributed by atoms with Crippen LogP contribution in [0.1, 0.15) is 12.8 Å². The summed E-state index contributed by atoms with van der Waals surface area (Å²) in [6.45, 7) is 0.716. The number of nitrogens with one attached hydrogen (secondary N) is 1. The Labute approximate surface area is 181 Å². The molecule has 2 aliphatic rings. The van der Waals surface area contributed by atoms with Gasteiger partial charge in [-0.15, -0.1) is 0 Å². The van der Waals surface area contributed by atoms with Gasteiger partial charge in [-0.1, -0.05) is 0 Å². The lowest BCUT2D eigenvalue weighted by Gasteiger charge is -2.52. The Morgan fingerprint density at radius 3 is 2.26 bits per heavy atom. The van der Waals surface area contributed by atoms with Crippen LogP contribution in [0.15, 0.2) is 48.5 Å². The summed E-state index contributed by atoms with van der Waals surface area (Å²) in [5.74, 6) is 1.05. The first-order chi connectivity index (χ1) is 15.0. The summed E-state index contributed by atoms with van der Waals surface area (Å²) in [6.07, 6.45) is 1.47. The summed E-state index contributed by atoms with van der Waals surface area (Å²) in [5, 5.41) is 12.9. The van der Waals surface area contributed by atoms with Gasteiger partial charge in [0.15, 0.2) is 0 Å². The molecule has 0 bridgehead atoms. The average Bonchev–Trinajstić information content (AvgIpc) is 3.25. The van der Waals surface area contributed by atoms with Gasteiger partial charge in [-0.25, -0.2) is 0 Å². The number of hydrogen-bond donors (Lipinski definition) is 2. The highest BCUT2D eigenvalue weighted by atomic mass is 16.5. The van der Waals surface area contributed by atoms with Crippen LogP contribution in [0, 0.1) is 0 Å². The Balaban J connectivity index is 1.48. The molecule has 2 atom stereocenters. The molecule has 0 saturated carbocycles. The van der Waals surface area contributed by atoms with Crippen LogP contribution in [-0.2, 0) is 9.59 Å². The Bertz CT molecular complexity index is 947. The van der Waals surface area contributed by atoms with E-state index in [4.69, 9.17) is 9.47 Å². The standard InChI is InChI=1S/C23H27N3O5/c1-30-18-8-4-16(5-9-18)24-21(28)20(14-27)26-13-3-12-23(26)15-25(22(23)29)17-6-10-19(31-2)11-7-17/h4-11,20,27H,3,12-15H2,1-2H3,(H,24,28). The van der Waals surface area contributed by atoms with Gasteiger partial charge >= 0.3 is 0 Å². The number of hydrogen-bond acceptors (Lipinski definition) is 6. The number of benzene rings is 2. The van der Waals surface area contributed by atoms with Gasteiger partial charge in [0.1, 0.15) is 23.1 Å². The highest BCUT2D eigenvalue weighted by molar-refractivity contribution is 6.08. The second-order valence-electron chi connectivity index (χ2n) is 7.83. The molecule has 2 amide bonds. The molecule has 2 fully saturated rings. The van der Waals surface area contributed by atoms with Crippen molar-refractivity contribution >= 4 is 23.2 Å². The zero-order chi connectivity index (χ0) is 22.0. The van der Waals surface area contributed by atoms with Crippen LogP contribution in [0.5, 0.6) is 11.5 Å². The highest BCUT2D eigenvalue weighted by Crippen LogP contribution is 2.42. The fourth-order valence-electron chi connectivity index (χ4n) is 4.51. The van der Waals surface area contributed by atoms with Gasteiger partial charge in [-0.2, -0.15) is 0 Å². The van der Waals surface area contributed by atoms with Gasteiger partial charge in [0.25, 0.3) is 0 Å². The second-order valence-corrected chi connectivity index (χ2v) is 7.83. The number of rotatable bonds is 7. The summed E-state index contributed by atoms with van der Waals surface area (Å²) in [7, 11) is 3.17. The van der Waals surface area contributed by atoms with Crippen LogP contribution < -0.4 is 19.7 Å². The van der Waals surface area contributed by atoms with Crippen molar-refractivity contribution in [3.05, 3.63) is 48.5 Å². The molecule has 4 rings (SSSR count). The SMILES string of the molecule is COc1ccc(NC(=O)C(CO)N2CCCC23CN(c2ccc(OC)cc2)C3=O)cc1. The molecule has 2 aromatic rings. The van der Waals surface area contributed by atoms with E-state index in [-0.39, 0.29) is 18.4 Å². The topological polar surface area (TPSA) is 91.3 Å². The van der Waals surface area contributed by atoms with Crippen molar-refractivity contribution in [2.45, 2.75) is 24.4 Å². The van der Waals surface area contributed by atoms with Crippen molar-refractivity contribution < 1.29 is 24.2 Å². The smallest absolute Gasteiger partial charge is 0.249 e. The predicted molar refractivity (Wildman–Crippen MR) is 117 cm³/mol. The van der Waals surface area contributed by atoms with E-state index in [2.05, 4.69) is 5.32 Å². The first-order valence-corrected chi connectivity index (χ1v) is 10.3. The molecule has 2 saturated heterocycles. The molecule has 8 heteroatoms. The van der Waals surface area contributed by atoms with E-state index in [0.717, 1.165) is 17.9 Å². The lowest BCUT2D eigenvalue weighted by molar-refractivity contribution is -0.141. The van der Waals surface area contributed by atoms with Crippen molar-refractivity contribution in [2.75, 3.05) is 44.1 Å². The van der Waals surface area contributed by atoms with E-state index in [1.54, 1.807) is 43.4 Å². The van der Waals surface area contributed by atoms with E-state index in [9.17, 15) is 14.7 Å². The van der Waals surface area contributed by atoms with Gasteiger partial charge in [-0.05, 0) is 61.4 Å². The molecular weight excluding hydrogens is 398 g/mol. The van der Waals surface area contributed by atoms with E-state index in [1.807, 2.05) is 29.2 Å². The summed E-state index contributed by atoms with van der Waals surface area (Å²) in [4.78, 5) is 29.8. The number of aliphatic hydroxyl groups excluding tert-OH is 1. The number of amides is 2. The van der Waals surface area contributed by atoms with Crippen molar-refractivity contribution in [3.63, 3.8) is 0 Å². The number of nitrogens with zero attached hydrogens (tertiary/aromatic N) is 2. The van der Waals surface area contributed by atoms with Crippen LogP contribution in [0.4, 0.5) is 11.4 Å². The Hall–Kier alpha value is -3.10. The molecule has 31 heavy (non-hydrogen) atoms. The molecule has 2 N–H and O–H groups in total. The van der Waals surface area contributed by atoms with Crippen molar-refractivity contribution in [1.82, 2.24) is 4.90 Å². The van der Waals surface area contributed by atoms with Gasteiger partial charge in [0, 0.05) is 17.9 Å². The van der Waals surface area contributed by atoms with Crippen LogP contribution in [0.2, 0.25) is 0 Å². The first-order valence-electron chi connectivity index (χ1n) is 10.3. The Kier molecular flexibility index (Phi) is 5.84. The highest BCUT2D eigenvalue weighted by Gasteiger charge is 2.60. The van der Waals surface area contributed by atoms with Gasteiger partial charge in [0.05, 0.1) is 27.4 Å². The molecular formula is C23H27N3O5. The largest absolute Gasteiger partial charge is 0.497 e. The number of carbonyl (C=O) groups is 2. The Morgan fingerprint density at radius 1 is 1.10 bits per heavy atom. The third kappa shape index (κ3) is 3.73. The number of methoxy groups -OCH3 is 2. The second kappa shape index (κ2) is 8.56. The third-order valence-corrected chi connectivity index (χ3v) is 6.20. The number of anilines is 2. The summed E-state index contributed by atoms with van der Waals surface area (Å²) in [6, 6.07) is 13.5. The molecule has 0 aliphatic carbocycles. The van der Waals surface area contributed by atoms with Gasteiger partial charge in [0.2, 0.25) is 11.8 Å².